The molecule has 1 aliphatic rings. The molecule has 166 valence electrons. The van der Waals surface area contributed by atoms with Gasteiger partial charge in [-0.15, -0.1) is 11.3 Å². The Morgan fingerprint density at radius 1 is 1.32 bits per heavy atom. The summed E-state index contributed by atoms with van der Waals surface area (Å²) in [6.07, 6.45) is 1.85. The molecule has 3 aromatic heterocycles. The summed E-state index contributed by atoms with van der Waals surface area (Å²) in [6, 6.07) is 3.46. The molecule has 0 saturated heterocycles. The molecule has 0 aliphatic heterocycles. The fourth-order valence-corrected chi connectivity index (χ4v) is 5.31. The zero-order valence-corrected chi connectivity index (χ0v) is 18.8. The molecule has 0 spiro atoms. The lowest BCUT2D eigenvalue weighted by Crippen LogP contribution is -2.38. The first-order chi connectivity index (χ1) is 14.9. The second kappa shape index (κ2) is 9.07. The third kappa shape index (κ3) is 4.38. The van der Waals surface area contributed by atoms with Crippen LogP contribution in [0.4, 0.5) is 5.82 Å². The first kappa shape index (κ1) is 21.9. The highest BCUT2D eigenvalue weighted by Crippen LogP contribution is 2.37. The van der Waals surface area contributed by atoms with Gasteiger partial charge in [0.15, 0.2) is 11.5 Å². The predicted octanol–water partition coefficient (Wildman–Crippen LogP) is 2.00. The van der Waals surface area contributed by atoms with Gasteiger partial charge >= 0.3 is 0 Å². The number of rotatable bonds is 7. The van der Waals surface area contributed by atoms with E-state index < -0.39 is 24.2 Å². The molecule has 0 aromatic carbocycles. The van der Waals surface area contributed by atoms with Crippen LogP contribution in [0.25, 0.3) is 11.2 Å². The van der Waals surface area contributed by atoms with Crippen LogP contribution in [0.15, 0.2) is 24.8 Å². The molecule has 1 saturated carbocycles. The average molecular weight is 465 g/mol. The van der Waals surface area contributed by atoms with E-state index in [1.165, 1.54) is 11.2 Å². The third-order valence-corrected chi connectivity index (χ3v) is 6.83. The molecule has 4 rings (SSSR count). The zero-order chi connectivity index (χ0) is 22.1. The van der Waals surface area contributed by atoms with Crippen LogP contribution >= 0.6 is 22.9 Å². The largest absolute Gasteiger partial charge is 0.390 e. The van der Waals surface area contributed by atoms with Crippen LogP contribution in [-0.2, 0) is 11.2 Å². The topological polar surface area (TPSA) is 125 Å². The van der Waals surface area contributed by atoms with Crippen LogP contribution in [-0.4, -0.2) is 60.4 Å². The van der Waals surface area contributed by atoms with E-state index in [4.69, 9.17) is 11.6 Å². The fourth-order valence-electron chi connectivity index (χ4n) is 4.10. The lowest BCUT2D eigenvalue weighted by molar-refractivity contribution is -0.128. The van der Waals surface area contributed by atoms with Crippen LogP contribution in [0.5, 0.6) is 0 Å². The van der Waals surface area contributed by atoms with Gasteiger partial charge in [0, 0.05) is 23.9 Å². The number of hydrogen-bond acceptors (Lipinski definition) is 8. The Balaban J connectivity index is 1.55. The number of carbonyl (C=O) groups excluding carboxylic acids is 1. The summed E-state index contributed by atoms with van der Waals surface area (Å²) in [6.45, 7) is 4.33. The van der Waals surface area contributed by atoms with Crippen molar-refractivity contribution in [1.29, 1.82) is 0 Å². The van der Waals surface area contributed by atoms with Crippen molar-refractivity contribution in [3.05, 3.63) is 34.0 Å². The lowest BCUT2D eigenvalue weighted by Gasteiger charge is -2.18. The predicted molar refractivity (Wildman–Crippen MR) is 119 cm³/mol. The van der Waals surface area contributed by atoms with E-state index in [0.29, 0.717) is 29.9 Å². The number of aliphatic hydroxyl groups is 2. The van der Waals surface area contributed by atoms with Gasteiger partial charge in [-0.3, -0.25) is 4.79 Å². The lowest BCUT2D eigenvalue weighted by atomic mass is 10.0. The number of anilines is 1. The number of hydrogen-bond donors (Lipinski definition) is 4. The Labute approximate surface area is 188 Å². The number of carbonyl (C=O) groups is 1. The van der Waals surface area contributed by atoms with Gasteiger partial charge < -0.3 is 25.4 Å². The Morgan fingerprint density at radius 3 is 2.84 bits per heavy atom. The van der Waals surface area contributed by atoms with Gasteiger partial charge in [-0.1, -0.05) is 11.6 Å². The number of halogens is 1. The van der Waals surface area contributed by atoms with Crippen molar-refractivity contribution in [2.45, 2.75) is 51.0 Å². The van der Waals surface area contributed by atoms with Gasteiger partial charge in [-0.05, 0) is 32.4 Å². The van der Waals surface area contributed by atoms with Gasteiger partial charge in [0.2, 0.25) is 5.91 Å². The molecular formula is C20H25ClN6O3S. The van der Waals surface area contributed by atoms with Gasteiger partial charge in [0.05, 0.1) is 28.7 Å². The number of nitrogens with one attached hydrogen (secondary N) is 2. The molecule has 0 bridgehead atoms. The number of imidazole rings is 1. The number of thiophene rings is 1. The molecule has 1 amide bonds. The first-order valence-corrected chi connectivity index (χ1v) is 11.4. The summed E-state index contributed by atoms with van der Waals surface area (Å²) in [5, 5.41) is 27.1. The monoisotopic (exact) mass is 464 g/mol. The Kier molecular flexibility index (Phi) is 6.42. The third-order valence-electron chi connectivity index (χ3n) is 5.58. The van der Waals surface area contributed by atoms with Crippen LogP contribution < -0.4 is 10.6 Å². The van der Waals surface area contributed by atoms with E-state index >= 15 is 0 Å². The molecule has 1 aliphatic carbocycles. The van der Waals surface area contributed by atoms with Crippen molar-refractivity contribution in [3.63, 3.8) is 0 Å². The van der Waals surface area contributed by atoms with Crippen molar-refractivity contribution in [3.8, 4) is 0 Å². The molecule has 1 fully saturated rings. The summed E-state index contributed by atoms with van der Waals surface area (Å²) in [7, 11) is 0. The number of aliphatic hydroxyl groups excluding tert-OH is 2. The standard InChI is InChI=1S/C20H25ClN6O3S/c1-3-22-20(30)12-7-13(17(29)16(12)28)27-9-25-15-18(23-8-24-19(15)27)26-10(2)6-11-4-5-14(21)31-11/h4-5,8-10,12-13,16-17,28-29H,3,6-7H2,1-2H3,(H,22,30)(H,23,24,26). The normalized spacial score (nSPS) is 24.4. The molecule has 31 heavy (non-hydrogen) atoms. The second-order valence-electron chi connectivity index (χ2n) is 7.79. The summed E-state index contributed by atoms with van der Waals surface area (Å²) < 4.78 is 2.48. The zero-order valence-electron chi connectivity index (χ0n) is 17.2. The van der Waals surface area contributed by atoms with Crippen LogP contribution in [0, 0.1) is 5.92 Å². The molecule has 3 heterocycles. The molecule has 5 atom stereocenters. The molecule has 3 aromatic rings. The quantitative estimate of drug-likeness (QED) is 0.421. The van der Waals surface area contributed by atoms with Crippen molar-refractivity contribution in [2.75, 3.05) is 11.9 Å². The average Bonchev–Trinajstić information content (AvgIpc) is 3.41. The van der Waals surface area contributed by atoms with Gasteiger partial charge in [0.25, 0.3) is 0 Å². The smallest absolute Gasteiger partial charge is 0.225 e. The SMILES string of the molecule is CCNC(=O)C1CC(n2cnc3c(NC(C)Cc4ccc(Cl)s4)ncnc32)C(O)C1O. The Hall–Kier alpha value is -2.27. The maximum absolute atomic E-state index is 12.3. The van der Waals surface area contributed by atoms with E-state index in [1.54, 1.807) is 22.2 Å². The number of aromatic nitrogens is 4. The second-order valence-corrected chi connectivity index (χ2v) is 9.59. The fraction of sp³-hybridized carbons (Fsp3) is 0.500. The van der Waals surface area contributed by atoms with Crippen molar-refractivity contribution >= 4 is 45.8 Å². The minimum Gasteiger partial charge on any atom is -0.390 e. The summed E-state index contributed by atoms with van der Waals surface area (Å²) in [4.78, 5) is 26.6. The molecule has 11 heteroatoms. The summed E-state index contributed by atoms with van der Waals surface area (Å²) in [5.74, 6) is -0.359. The number of fused-ring (bicyclic) bond motifs is 1. The van der Waals surface area contributed by atoms with Crippen LogP contribution in [0.3, 0.4) is 0 Å². The first-order valence-electron chi connectivity index (χ1n) is 10.2. The van der Waals surface area contributed by atoms with E-state index in [0.717, 1.165) is 10.8 Å². The molecule has 5 unspecified atom stereocenters. The van der Waals surface area contributed by atoms with E-state index in [9.17, 15) is 15.0 Å². The van der Waals surface area contributed by atoms with E-state index in [1.807, 2.05) is 26.0 Å². The van der Waals surface area contributed by atoms with Crippen molar-refractivity contribution in [2.24, 2.45) is 5.92 Å². The van der Waals surface area contributed by atoms with Gasteiger partial charge in [-0.2, -0.15) is 0 Å². The van der Waals surface area contributed by atoms with Crippen LogP contribution in [0.2, 0.25) is 4.34 Å². The maximum atomic E-state index is 12.3. The Morgan fingerprint density at radius 2 is 2.13 bits per heavy atom. The highest BCUT2D eigenvalue weighted by atomic mass is 35.5. The number of amides is 1. The van der Waals surface area contributed by atoms with E-state index in [-0.39, 0.29) is 11.9 Å². The molecule has 9 nitrogen and oxygen atoms in total. The van der Waals surface area contributed by atoms with Crippen molar-refractivity contribution in [1.82, 2.24) is 24.8 Å². The molecule has 0 radical (unpaired) electrons. The molecule has 4 N–H and O–H groups in total. The maximum Gasteiger partial charge on any atom is 0.225 e. The Bertz CT molecular complexity index is 1070. The van der Waals surface area contributed by atoms with Crippen molar-refractivity contribution < 1.29 is 15.0 Å². The van der Waals surface area contributed by atoms with Gasteiger partial charge in [0.1, 0.15) is 17.9 Å². The van der Waals surface area contributed by atoms with Gasteiger partial charge in [-0.25, -0.2) is 15.0 Å². The minimum absolute atomic E-state index is 0.0824. The highest BCUT2D eigenvalue weighted by molar-refractivity contribution is 7.16. The van der Waals surface area contributed by atoms with E-state index in [2.05, 4.69) is 25.6 Å². The number of nitrogens with zero attached hydrogens (tertiary/aromatic N) is 4. The summed E-state index contributed by atoms with van der Waals surface area (Å²) in [5.41, 5.74) is 1.11. The van der Waals surface area contributed by atoms with Crippen LogP contribution in [0.1, 0.15) is 31.2 Å². The molecular weight excluding hydrogens is 440 g/mol. The summed E-state index contributed by atoms with van der Waals surface area (Å²) >= 11 is 7.56. The minimum atomic E-state index is -1.15. The highest BCUT2D eigenvalue weighted by Gasteiger charge is 2.46.